The van der Waals surface area contributed by atoms with E-state index in [1.807, 2.05) is 0 Å². The molecule has 1 saturated carbocycles. The van der Waals surface area contributed by atoms with Crippen molar-refractivity contribution in [2.45, 2.75) is 24.7 Å². The van der Waals surface area contributed by atoms with Gasteiger partial charge in [-0.2, -0.15) is 0 Å². The van der Waals surface area contributed by atoms with Crippen LogP contribution in [-0.2, 0) is 0 Å². The molecule has 0 spiro atoms. The van der Waals surface area contributed by atoms with Crippen molar-refractivity contribution in [3.05, 3.63) is 29.8 Å². The minimum atomic E-state index is -2.50. The fourth-order valence-electron chi connectivity index (χ4n) is 1.65. The molecule has 70 valence electrons. The Balaban J connectivity index is 2.22. The lowest BCUT2D eigenvalue weighted by molar-refractivity contribution is -0.0962. The van der Waals surface area contributed by atoms with Gasteiger partial charge in [0.2, 0.25) is 0 Å². The summed E-state index contributed by atoms with van der Waals surface area (Å²) in [6, 6.07) is 6.72. The summed E-state index contributed by atoms with van der Waals surface area (Å²) >= 11 is 0. The summed E-state index contributed by atoms with van der Waals surface area (Å²) in [5.74, 6) is -3.09. The molecule has 1 aliphatic carbocycles. The van der Waals surface area contributed by atoms with E-state index in [2.05, 4.69) is 0 Å². The normalized spacial score (nSPS) is 25.2. The van der Waals surface area contributed by atoms with Gasteiger partial charge in [0.15, 0.2) is 0 Å². The van der Waals surface area contributed by atoms with Crippen LogP contribution in [0.15, 0.2) is 24.3 Å². The quantitative estimate of drug-likeness (QED) is 0.665. The van der Waals surface area contributed by atoms with Crippen molar-refractivity contribution in [3.63, 3.8) is 0 Å². The van der Waals surface area contributed by atoms with E-state index in [-0.39, 0.29) is 6.42 Å². The van der Waals surface area contributed by atoms with Crippen LogP contribution in [0.1, 0.15) is 24.3 Å². The zero-order chi connectivity index (χ0) is 9.47. The summed E-state index contributed by atoms with van der Waals surface area (Å²) in [6.07, 6.45) is 0.596. The Morgan fingerprint density at radius 2 is 1.85 bits per heavy atom. The zero-order valence-corrected chi connectivity index (χ0v) is 7.13. The number of hydrogen-bond donors (Lipinski definition) is 1. The minimum absolute atomic E-state index is 0.0159. The minimum Gasteiger partial charge on any atom is -0.399 e. The fraction of sp³-hybridized carbons (Fsp3) is 0.400. The largest absolute Gasteiger partial charge is 0.399 e. The summed E-state index contributed by atoms with van der Waals surface area (Å²) in [7, 11) is 0. The molecule has 1 aromatic rings. The van der Waals surface area contributed by atoms with Crippen molar-refractivity contribution in [2.75, 3.05) is 5.73 Å². The maximum absolute atomic E-state index is 13.0. The number of anilines is 1. The second kappa shape index (κ2) is 2.69. The Bertz CT molecular complexity index is 305. The average Bonchev–Trinajstić information content (AvgIpc) is 2.07. The third-order valence-electron chi connectivity index (χ3n) is 2.61. The number of rotatable bonds is 1. The first-order valence-electron chi connectivity index (χ1n) is 4.33. The summed E-state index contributed by atoms with van der Waals surface area (Å²) in [5, 5.41) is 0. The molecule has 1 aliphatic rings. The van der Waals surface area contributed by atoms with Crippen molar-refractivity contribution < 1.29 is 8.78 Å². The maximum Gasteiger partial charge on any atom is 0.254 e. The van der Waals surface area contributed by atoms with E-state index in [4.69, 9.17) is 5.73 Å². The van der Waals surface area contributed by atoms with Gasteiger partial charge in [0.25, 0.3) is 5.92 Å². The van der Waals surface area contributed by atoms with Crippen LogP contribution in [0.4, 0.5) is 14.5 Å². The molecule has 0 aromatic heterocycles. The van der Waals surface area contributed by atoms with E-state index in [9.17, 15) is 8.78 Å². The molecular formula is C10H11F2N. The fourth-order valence-corrected chi connectivity index (χ4v) is 1.65. The van der Waals surface area contributed by atoms with Crippen LogP contribution in [0.5, 0.6) is 0 Å². The van der Waals surface area contributed by atoms with E-state index in [1.54, 1.807) is 24.3 Å². The van der Waals surface area contributed by atoms with Crippen molar-refractivity contribution in [2.24, 2.45) is 0 Å². The molecule has 0 amide bonds. The lowest BCUT2D eigenvalue weighted by atomic mass is 9.76. The van der Waals surface area contributed by atoms with Crippen molar-refractivity contribution in [3.8, 4) is 0 Å². The lowest BCUT2D eigenvalue weighted by Crippen LogP contribution is -2.36. The molecule has 13 heavy (non-hydrogen) atoms. The van der Waals surface area contributed by atoms with E-state index in [0.29, 0.717) is 17.7 Å². The van der Waals surface area contributed by atoms with Gasteiger partial charge < -0.3 is 5.73 Å². The van der Waals surface area contributed by atoms with Gasteiger partial charge in [-0.25, -0.2) is 8.78 Å². The molecular weight excluding hydrogens is 172 g/mol. The molecule has 1 fully saturated rings. The number of hydrogen-bond acceptors (Lipinski definition) is 1. The molecule has 1 atom stereocenters. The highest BCUT2D eigenvalue weighted by Crippen LogP contribution is 2.49. The molecule has 3 heteroatoms. The van der Waals surface area contributed by atoms with E-state index >= 15 is 0 Å². The maximum atomic E-state index is 13.0. The highest BCUT2D eigenvalue weighted by molar-refractivity contribution is 5.41. The Hall–Kier alpha value is -1.12. The summed E-state index contributed by atoms with van der Waals surface area (Å²) in [5.41, 5.74) is 6.78. The van der Waals surface area contributed by atoms with Crippen LogP contribution in [0.3, 0.4) is 0 Å². The molecule has 0 bridgehead atoms. The van der Waals surface area contributed by atoms with Crippen LogP contribution < -0.4 is 5.73 Å². The van der Waals surface area contributed by atoms with Gasteiger partial charge in [-0.3, -0.25) is 0 Å². The number of nitrogens with two attached hydrogens (primary N) is 1. The van der Waals surface area contributed by atoms with Crippen LogP contribution in [0.25, 0.3) is 0 Å². The van der Waals surface area contributed by atoms with Crippen molar-refractivity contribution >= 4 is 5.69 Å². The molecule has 0 saturated heterocycles. The standard InChI is InChI=1S/C10H11F2N/c11-10(12)6-5-9(10)7-1-3-8(13)4-2-7/h1-4,9H,5-6,13H2. The lowest BCUT2D eigenvalue weighted by Gasteiger charge is -2.36. The zero-order valence-electron chi connectivity index (χ0n) is 7.13. The van der Waals surface area contributed by atoms with Crippen LogP contribution in [0.2, 0.25) is 0 Å². The predicted octanol–water partition coefficient (Wildman–Crippen LogP) is 2.78. The monoisotopic (exact) mass is 183 g/mol. The smallest absolute Gasteiger partial charge is 0.254 e. The Kier molecular flexibility index (Phi) is 1.75. The van der Waals surface area contributed by atoms with Crippen LogP contribution in [0, 0.1) is 0 Å². The van der Waals surface area contributed by atoms with Gasteiger partial charge in [-0.1, -0.05) is 12.1 Å². The third-order valence-corrected chi connectivity index (χ3v) is 2.61. The SMILES string of the molecule is Nc1ccc(C2CCC2(F)F)cc1. The summed E-state index contributed by atoms with van der Waals surface area (Å²) < 4.78 is 25.9. The number of alkyl halides is 2. The molecule has 2 rings (SSSR count). The highest BCUT2D eigenvalue weighted by Gasteiger charge is 2.48. The molecule has 0 heterocycles. The van der Waals surface area contributed by atoms with Gasteiger partial charge in [-0.15, -0.1) is 0 Å². The Morgan fingerprint density at radius 3 is 2.23 bits per heavy atom. The van der Waals surface area contributed by atoms with Gasteiger partial charge in [0, 0.05) is 18.0 Å². The average molecular weight is 183 g/mol. The summed E-state index contributed by atoms with van der Waals surface area (Å²) in [6.45, 7) is 0. The number of nitrogen functional groups attached to an aromatic ring is 1. The first kappa shape index (κ1) is 8.48. The second-order valence-corrected chi connectivity index (χ2v) is 3.52. The third kappa shape index (κ3) is 1.39. The van der Waals surface area contributed by atoms with E-state index in [1.165, 1.54) is 0 Å². The topological polar surface area (TPSA) is 26.0 Å². The molecule has 2 N–H and O–H groups in total. The van der Waals surface area contributed by atoms with Crippen molar-refractivity contribution in [1.82, 2.24) is 0 Å². The number of benzene rings is 1. The first-order valence-corrected chi connectivity index (χ1v) is 4.33. The van der Waals surface area contributed by atoms with Crippen molar-refractivity contribution in [1.29, 1.82) is 0 Å². The molecule has 1 unspecified atom stereocenters. The van der Waals surface area contributed by atoms with E-state index in [0.717, 1.165) is 0 Å². The highest BCUT2D eigenvalue weighted by atomic mass is 19.3. The molecule has 1 aromatic carbocycles. The van der Waals surface area contributed by atoms with Crippen LogP contribution in [-0.4, -0.2) is 5.92 Å². The van der Waals surface area contributed by atoms with Gasteiger partial charge >= 0.3 is 0 Å². The van der Waals surface area contributed by atoms with Gasteiger partial charge in [-0.05, 0) is 24.1 Å². The number of halogens is 2. The molecule has 1 nitrogen and oxygen atoms in total. The Labute approximate surface area is 75.6 Å². The van der Waals surface area contributed by atoms with Gasteiger partial charge in [0.1, 0.15) is 0 Å². The summed E-state index contributed by atoms with van der Waals surface area (Å²) in [4.78, 5) is 0. The first-order chi connectivity index (χ1) is 6.09. The second-order valence-electron chi connectivity index (χ2n) is 3.52. The van der Waals surface area contributed by atoms with Gasteiger partial charge in [0.05, 0.1) is 0 Å². The molecule has 0 aliphatic heterocycles. The van der Waals surface area contributed by atoms with E-state index < -0.39 is 11.8 Å². The Morgan fingerprint density at radius 1 is 1.23 bits per heavy atom. The van der Waals surface area contributed by atoms with Crippen LogP contribution >= 0.6 is 0 Å². The molecule has 0 radical (unpaired) electrons. The predicted molar refractivity (Wildman–Crippen MR) is 47.8 cm³/mol.